The van der Waals surface area contributed by atoms with Crippen LogP contribution in [0.1, 0.15) is 18.4 Å². The molecular weight excluding hydrogens is 268 g/mol. The van der Waals surface area contributed by atoms with E-state index in [1.807, 2.05) is 6.07 Å². The lowest BCUT2D eigenvalue weighted by atomic mass is 10.2. The molecule has 88 valence electrons. The number of nitrogens with one attached hydrogen (secondary N) is 2. The lowest BCUT2D eigenvalue weighted by Crippen LogP contribution is -2.18. The van der Waals surface area contributed by atoms with Crippen LogP contribution in [0, 0.1) is 6.92 Å². The minimum Gasteiger partial charge on any atom is -0.385 e. The van der Waals surface area contributed by atoms with Crippen molar-refractivity contribution in [2.75, 3.05) is 18.9 Å². The van der Waals surface area contributed by atoms with Crippen LogP contribution in [0.4, 0.5) is 5.69 Å². The summed E-state index contributed by atoms with van der Waals surface area (Å²) < 4.78 is 1.10. The average molecular weight is 285 g/mol. The van der Waals surface area contributed by atoms with Crippen molar-refractivity contribution in [3.8, 4) is 0 Å². The van der Waals surface area contributed by atoms with Gasteiger partial charge < -0.3 is 10.6 Å². The summed E-state index contributed by atoms with van der Waals surface area (Å²) in [5.41, 5.74) is 2.30. The van der Waals surface area contributed by atoms with E-state index in [1.165, 1.54) is 5.56 Å². The highest BCUT2D eigenvalue weighted by molar-refractivity contribution is 9.10. The highest BCUT2D eigenvalue weighted by Crippen LogP contribution is 2.20. The van der Waals surface area contributed by atoms with Crippen LogP contribution >= 0.6 is 15.9 Å². The molecule has 0 aromatic heterocycles. The number of carbonyl (C=O) groups is 1. The highest BCUT2D eigenvalue weighted by atomic mass is 79.9. The molecule has 1 amide bonds. The molecule has 4 heteroatoms. The molecule has 2 N–H and O–H groups in total. The molecule has 0 fully saturated rings. The molecular formula is C12H17BrN2O. The Kier molecular flexibility index (Phi) is 5.32. The predicted octanol–water partition coefficient (Wildman–Crippen LogP) is 2.70. The predicted molar refractivity (Wildman–Crippen MR) is 70.7 cm³/mol. The molecule has 1 aromatic rings. The van der Waals surface area contributed by atoms with Crippen LogP contribution in [0.15, 0.2) is 22.7 Å². The Labute approximate surface area is 105 Å². The van der Waals surface area contributed by atoms with Crippen molar-refractivity contribution in [1.29, 1.82) is 0 Å². The molecule has 0 heterocycles. The molecule has 16 heavy (non-hydrogen) atoms. The van der Waals surface area contributed by atoms with Crippen molar-refractivity contribution in [3.63, 3.8) is 0 Å². The summed E-state index contributed by atoms with van der Waals surface area (Å²) in [4.78, 5) is 11.0. The van der Waals surface area contributed by atoms with Gasteiger partial charge in [0.15, 0.2) is 0 Å². The number of benzene rings is 1. The Morgan fingerprint density at radius 2 is 2.19 bits per heavy atom. The molecule has 0 saturated heterocycles. The standard InChI is InChI=1S/C12H17BrN2O/c1-9-5-6-10(8-11(9)13)15-7-3-4-12(16)14-2/h5-6,8,15H,3-4,7H2,1-2H3,(H,14,16). The minimum atomic E-state index is 0.0897. The molecule has 0 atom stereocenters. The van der Waals surface area contributed by atoms with Crippen molar-refractivity contribution in [2.24, 2.45) is 0 Å². The summed E-state index contributed by atoms with van der Waals surface area (Å²) in [7, 11) is 1.66. The zero-order chi connectivity index (χ0) is 12.0. The zero-order valence-electron chi connectivity index (χ0n) is 9.64. The zero-order valence-corrected chi connectivity index (χ0v) is 11.2. The summed E-state index contributed by atoms with van der Waals surface area (Å²) in [6.07, 6.45) is 1.40. The topological polar surface area (TPSA) is 41.1 Å². The van der Waals surface area contributed by atoms with Gasteiger partial charge in [0.2, 0.25) is 5.91 Å². The molecule has 0 bridgehead atoms. The SMILES string of the molecule is CNC(=O)CCCNc1ccc(C)c(Br)c1. The van der Waals surface area contributed by atoms with Gasteiger partial charge in [-0.25, -0.2) is 0 Å². The van der Waals surface area contributed by atoms with Crippen molar-refractivity contribution in [3.05, 3.63) is 28.2 Å². The molecule has 0 aliphatic rings. The number of aryl methyl sites for hydroxylation is 1. The van der Waals surface area contributed by atoms with E-state index in [-0.39, 0.29) is 5.91 Å². The van der Waals surface area contributed by atoms with Gasteiger partial charge in [-0.15, -0.1) is 0 Å². The van der Waals surface area contributed by atoms with Gasteiger partial charge in [0.1, 0.15) is 0 Å². The first-order valence-corrected chi connectivity index (χ1v) is 6.13. The Morgan fingerprint density at radius 1 is 1.44 bits per heavy atom. The summed E-state index contributed by atoms with van der Waals surface area (Å²) in [5.74, 6) is 0.0897. The molecule has 3 nitrogen and oxygen atoms in total. The van der Waals surface area contributed by atoms with Gasteiger partial charge in [0, 0.05) is 30.2 Å². The molecule has 1 aromatic carbocycles. The van der Waals surface area contributed by atoms with E-state index in [0.717, 1.165) is 23.1 Å². The van der Waals surface area contributed by atoms with Crippen LogP contribution in [0.3, 0.4) is 0 Å². The van der Waals surface area contributed by atoms with Crippen LogP contribution in [-0.4, -0.2) is 19.5 Å². The maximum absolute atomic E-state index is 11.0. The normalized spacial score (nSPS) is 9.94. The molecule has 0 radical (unpaired) electrons. The van der Waals surface area contributed by atoms with Gasteiger partial charge in [-0.2, -0.15) is 0 Å². The second-order valence-corrected chi connectivity index (χ2v) is 4.52. The van der Waals surface area contributed by atoms with Crippen LogP contribution in [0.25, 0.3) is 0 Å². The summed E-state index contributed by atoms with van der Waals surface area (Å²) in [6.45, 7) is 2.86. The average Bonchev–Trinajstić information content (AvgIpc) is 2.28. The van der Waals surface area contributed by atoms with E-state index in [2.05, 4.69) is 45.6 Å². The Hall–Kier alpha value is -1.03. The molecule has 0 spiro atoms. The Bertz CT molecular complexity index is 366. The number of carbonyl (C=O) groups excluding carboxylic acids is 1. The smallest absolute Gasteiger partial charge is 0.219 e. The van der Waals surface area contributed by atoms with Crippen molar-refractivity contribution in [2.45, 2.75) is 19.8 Å². The van der Waals surface area contributed by atoms with Gasteiger partial charge in [0.05, 0.1) is 0 Å². The molecule has 0 aliphatic carbocycles. The van der Waals surface area contributed by atoms with Crippen LogP contribution in [-0.2, 0) is 4.79 Å². The van der Waals surface area contributed by atoms with Crippen molar-refractivity contribution in [1.82, 2.24) is 5.32 Å². The third-order valence-corrected chi connectivity index (χ3v) is 3.21. The van der Waals surface area contributed by atoms with Crippen LogP contribution in [0.2, 0.25) is 0 Å². The van der Waals surface area contributed by atoms with E-state index >= 15 is 0 Å². The lowest BCUT2D eigenvalue weighted by molar-refractivity contribution is -0.120. The number of rotatable bonds is 5. The van der Waals surface area contributed by atoms with Crippen LogP contribution < -0.4 is 10.6 Å². The maximum Gasteiger partial charge on any atom is 0.219 e. The summed E-state index contributed by atoms with van der Waals surface area (Å²) in [6, 6.07) is 6.15. The third kappa shape index (κ3) is 4.23. The van der Waals surface area contributed by atoms with Crippen molar-refractivity contribution < 1.29 is 4.79 Å². The Morgan fingerprint density at radius 3 is 2.81 bits per heavy atom. The van der Waals surface area contributed by atoms with Crippen LogP contribution in [0.5, 0.6) is 0 Å². The van der Waals surface area contributed by atoms with E-state index in [1.54, 1.807) is 7.05 Å². The highest BCUT2D eigenvalue weighted by Gasteiger charge is 1.99. The van der Waals surface area contributed by atoms with Gasteiger partial charge >= 0.3 is 0 Å². The summed E-state index contributed by atoms with van der Waals surface area (Å²) >= 11 is 3.49. The van der Waals surface area contributed by atoms with Gasteiger partial charge in [-0.05, 0) is 31.0 Å². The van der Waals surface area contributed by atoms with Crippen molar-refractivity contribution >= 4 is 27.5 Å². The van der Waals surface area contributed by atoms with E-state index in [4.69, 9.17) is 0 Å². The van der Waals surface area contributed by atoms with Gasteiger partial charge in [-0.3, -0.25) is 4.79 Å². The quantitative estimate of drug-likeness (QED) is 0.817. The fraction of sp³-hybridized carbons (Fsp3) is 0.417. The third-order valence-electron chi connectivity index (χ3n) is 2.36. The largest absolute Gasteiger partial charge is 0.385 e. The van der Waals surface area contributed by atoms with Gasteiger partial charge in [-0.1, -0.05) is 22.0 Å². The number of hydrogen-bond acceptors (Lipinski definition) is 2. The number of hydrogen-bond donors (Lipinski definition) is 2. The molecule has 0 aliphatic heterocycles. The Balaban J connectivity index is 2.32. The second-order valence-electron chi connectivity index (χ2n) is 3.67. The molecule has 0 unspecified atom stereocenters. The minimum absolute atomic E-state index is 0.0897. The van der Waals surface area contributed by atoms with E-state index < -0.39 is 0 Å². The first-order valence-electron chi connectivity index (χ1n) is 5.34. The number of halogens is 1. The fourth-order valence-electron chi connectivity index (χ4n) is 1.31. The number of anilines is 1. The second kappa shape index (κ2) is 6.53. The lowest BCUT2D eigenvalue weighted by Gasteiger charge is -2.07. The van der Waals surface area contributed by atoms with E-state index in [9.17, 15) is 4.79 Å². The first-order chi connectivity index (χ1) is 7.63. The first kappa shape index (κ1) is 13.0. The molecule has 0 saturated carbocycles. The van der Waals surface area contributed by atoms with Gasteiger partial charge in [0.25, 0.3) is 0 Å². The summed E-state index contributed by atoms with van der Waals surface area (Å²) in [5, 5.41) is 5.89. The maximum atomic E-state index is 11.0. The van der Waals surface area contributed by atoms with E-state index in [0.29, 0.717) is 6.42 Å². The number of amides is 1. The molecule has 1 rings (SSSR count). The monoisotopic (exact) mass is 284 g/mol. The fourth-order valence-corrected chi connectivity index (χ4v) is 1.69.